The first-order valence-corrected chi connectivity index (χ1v) is 21.0. The van der Waals surface area contributed by atoms with E-state index in [1.54, 1.807) is 6.07 Å². The summed E-state index contributed by atoms with van der Waals surface area (Å²) in [6.07, 6.45) is -2.86. The van der Waals surface area contributed by atoms with Crippen molar-refractivity contribution in [2.45, 2.75) is 43.7 Å². The summed E-state index contributed by atoms with van der Waals surface area (Å²) in [6, 6.07) is 13.7. The first-order chi connectivity index (χ1) is 29.3. The third kappa shape index (κ3) is 7.03. The summed E-state index contributed by atoms with van der Waals surface area (Å²) in [4.78, 5) is 33.9. The Kier molecular flexibility index (Phi) is 9.73. The van der Waals surface area contributed by atoms with Gasteiger partial charge in [-0.1, -0.05) is 35.9 Å². The van der Waals surface area contributed by atoms with Gasteiger partial charge in [0, 0.05) is 36.6 Å². The van der Waals surface area contributed by atoms with E-state index >= 15 is 13.2 Å². The highest BCUT2D eigenvalue weighted by Gasteiger charge is 2.67. The lowest BCUT2D eigenvalue weighted by Gasteiger charge is -2.24. The Morgan fingerprint density at radius 3 is 2.42 bits per heavy atom. The molecule has 7 aromatic rings. The second kappa shape index (κ2) is 14.7. The van der Waals surface area contributed by atoms with Gasteiger partial charge >= 0.3 is 0 Å². The maximum absolute atomic E-state index is 15.5. The Bertz CT molecular complexity index is 3190. The standard InChI is InChI=1S/C41H30ClF7N8O4S/c1-55-35-30(10-9-26(42)33(35)38(53-55)54-62(2,60)61)57-39(51-28-14-19(7-8-23(28)40(57)59)22-5-3-4-6-27(22)45)29(13-18-11-20(43)15-21(44)12-18)50-31(58)17-56-36-32(34(52-56)37(46)47)24-16-25(24)41(36,48)49/h3-12,14-15,24-25,29,37H,13,16-17H2,1-2H3,(H,50,58)(H,53,54)/t24-,25+,29-/m0/s1. The Hall–Kier alpha value is -6.28. The number of hydrogen-bond acceptors (Lipinski definition) is 7. The Labute approximate surface area is 351 Å². The number of sulfonamides is 1. The summed E-state index contributed by atoms with van der Waals surface area (Å²) in [5, 5.41) is 10.6. The number of carbonyl (C=O) groups excluding carboxylic acids is 1. The number of halogens is 8. The van der Waals surface area contributed by atoms with Gasteiger partial charge in [-0.3, -0.25) is 28.2 Å². The normalized spacial score (nSPS) is 17.1. The highest BCUT2D eigenvalue weighted by atomic mass is 35.5. The largest absolute Gasteiger partial charge is 0.344 e. The van der Waals surface area contributed by atoms with E-state index in [0.717, 1.165) is 23.0 Å². The van der Waals surface area contributed by atoms with Gasteiger partial charge in [-0.15, -0.1) is 0 Å². The second-order valence-electron chi connectivity index (χ2n) is 15.2. The van der Waals surface area contributed by atoms with Gasteiger partial charge in [-0.05, 0) is 65.9 Å². The Balaban J connectivity index is 1.26. The molecule has 0 radical (unpaired) electrons. The number of nitrogens with one attached hydrogen (secondary N) is 2. The molecule has 3 aromatic heterocycles. The lowest BCUT2D eigenvalue weighted by Crippen LogP contribution is -2.38. The number of carbonyl (C=O) groups is 1. The van der Waals surface area contributed by atoms with Crippen molar-refractivity contribution in [3.05, 3.63) is 134 Å². The zero-order valence-electron chi connectivity index (χ0n) is 32.1. The molecule has 12 nitrogen and oxygen atoms in total. The van der Waals surface area contributed by atoms with Gasteiger partial charge in [-0.2, -0.15) is 19.0 Å². The predicted octanol–water partition coefficient (Wildman–Crippen LogP) is 7.82. The molecule has 320 valence electrons. The van der Waals surface area contributed by atoms with Crippen molar-refractivity contribution in [2.24, 2.45) is 13.0 Å². The molecule has 2 N–H and O–H groups in total. The molecule has 0 unspecified atom stereocenters. The number of fused-ring (bicyclic) bond motifs is 5. The monoisotopic (exact) mass is 898 g/mol. The van der Waals surface area contributed by atoms with Crippen molar-refractivity contribution < 1.29 is 43.9 Å². The van der Waals surface area contributed by atoms with Crippen molar-refractivity contribution >= 4 is 55.2 Å². The molecule has 2 aliphatic carbocycles. The van der Waals surface area contributed by atoms with Gasteiger partial charge in [0.05, 0.1) is 44.8 Å². The lowest BCUT2D eigenvalue weighted by atomic mass is 10.0. The minimum Gasteiger partial charge on any atom is -0.344 e. The van der Waals surface area contributed by atoms with Gasteiger partial charge in [0.15, 0.2) is 5.82 Å². The van der Waals surface area contributed by atoms with E-state index in [1.165, 1.54) is 60.3 Å². The summed E-state index contributed by atoms with van der Waals surface area (Å²) >= 11 is 6.61. The van der Waals surface area contributed by atoms with E-state index in [0.29, 0.717) is 10.7 Å². The van der Waals surface area contributed by atoms with Crippen LogP contribution in [0.3, 0.4) is 0 Å². The molecule has 1 fully saturated rings. The van der Waals surface area contributed by atoms with Crippen LogP contribution < -0.4 is 15.6 Å². The maximum atomic E-state index is 15.5. The number of anilines is 1. The highest BCUT2D eigenvalue weighted by molar-refractivity contribution is 7.92. The minimum atomic E-state index is -3.93. The summed E-state index contributed by atoms with van der Waals surface area (Å²) in [6.45, 7) is -1.01. The summed E-state index contributed by atoms with van der Waals surface area (Å²) in [5.41, 5.74) is -2.41. The quantitative estimate of drug-likeness (QED) is 0.126. The maximum Gasteiger partial charge on any atom is 0.293 e. The molecule has 21 heteroatoms. The molecule has 3 heterocycles. The number of hydrogen-bond donors (Lipinski definition) is 2. The van der Waals surface area contributed by atoms with Crippen LogP contribution in [0.15, 0.2) is 77.6 Å². The van der Waals surface area contributed by atoms with Crippen molar-refractivity contribution in [2.75, 3.05) is 11.0 Å². The van der Waals surface area contributed by atoms with Crippen molar-refractivity contribution in [1.82, 2.24) is 34.4 Å². The van der Waals surface area contributed by atoms with Crippen LogP contribution in [0.1, 0.15) is 53.1 Å². The molecule has 3 atom stereocenters. The molecule has 0 bridgehead atoms. The van der Waals surface area contributed by atoms with E-state index in [9.17, 15) is 35.6 Å². The molecule has 0 spiro atoms. The van der Waals surface area contributed by atoms with E-state index in [-0.39, 0.29) is 72.8 Å². The smallest absolute Gasteiger partial charge is 0.293 e. The molecule has 62 heavy (non-hydrogen) atoms. The fraction of sp³-hybridized carbons (Fsp3) is 0.244. The van der Waals surface area contributed by atoms with E-state index in [4.69, 9.17) is 16.6 Å². The number of aryl methyl sites for hydroxylation is 1. The van der Waals surface area contributed by atoms with Gasteiger partial charge in [0.2, 0.25) is 15.9 Å². The lowest BCUT2D eigenvalue weighted by molar-refractivity contribution is -0.123. The molecule has 9 rings (SSSR count). The zero-order valence-corrected chi connectivity index (χ0v) is 33.7. The van der Waals surface area contributed by atoms with Crippen LogP contribution in [-0.2, 0) is 40.8 Å². The van der Waals surface area contributed by atoms with E-state index in [2.05, 4.69) is 20.2 Å². The SMILES string of the molecule is Cn1nc(NS(C)(=O)=O)c2c(Cl)ccc(-n3c([C@H](Cc4cc(F)cc(F)c4)NC(=O)Cn4nc(C(F)F)c5c4C(F)(F)[C@@H]4C[C@H]54)nc4cc(-c5ccccc5F)ccc4c3=O)c21. The highest BCUT2D eigenvalue weighted by Crippen LogP contribution is 2.68. The average Bonchev–Trinajstić information content (AvgIpc) is 3.73. The van der Waals surface area contributed by atoms with Crippen molar-refractivity contribution in [1.29, 1.82) is 0 Å². The van der Waals surface area contributed by atoms with Crippen LogP contribution in [0.4, 0.5) is 36.6 Å². The van der Waals surface area contributed by atoms with Gasteiger partial charge in [0.25, 0.3) is 17.9 Å². The van der Waals surface area contributed by atoms with Gasteiger partial charge in [0.1, 0.15) is 41.2 Å². The van der Waals surface area contributed by atoms with Crippen LogP contribution in [-0.4, -0.2) is 49.7 Å². The summed E-state index contributed by atoms with van der Waals surface area (Å²) < 4.78 is 134. The van der Waals surface area contributed by atoms with Crippen LogP contribution in [0, 0.1) is 23.4 Å². The number of alkyl halides is 4. The number of aromatic nitrogens is 6. The minimum absolute atomic E-state index is 0.00493. The van der Waals surface area contributed by atoms with Crippen molar-refractivity contribution in [3.8, 4) is 16.8 Å². The molecule has 2 aliphatic rings. The van der Waals surface area contributed by atoms with Crippen LogP contribution in [0.2, 0.25) is 5.02 Å². The average molecular weight is 899 g/mol. The first-order valence-electron chi connectivity index (χ1n) is 18.8. The Morgan fingerprint density at radius 1 is 1.00 bits per heavy atom. The fourth-order valence-electron chi connectivity index (χ4n) is 8.44. The van der Waals surface area contributed by atoms with E-state index < -0.39 is 93.5 Å². The van der Waals surface area contributed by atoms with Gasteiger partial charge < -0.3 is 5.32 Å². The Morgan fingerprint density at radius 2 is 1.73 bits per heavy atom. The summed E-state index contributed by atoms with van der Waals surface area (Å²) in [5.74, 6) is -9.86. The third-order valence-electron chi connectivity index (χ3n) is 11.0. The van der Waals surface area contributed by atoms with E-state index in [1.807, 2.05) is 0 Å². The first kappa shape index (κ1) is 41.1. The van der Waals surface area contributed by atoms with Crippen LogP contribution in [0.25, 0.3) is 38.6 Å². The number of benzene rings is 4. The molecule has 1 saturated carbocycles. The zero-order chi connectivity index (χ0) is 44.2. The van der Waals surface area contributed by atoms with Crippen molar-refractivity contribution in [3.63, 3.8) is 0 Å². The molecular weight excluding hydrogens is 869 g/mol. The predicted molar refractivity (Wildman–Crippen MR) is 213 cm³/mol. The molecule has 0 saturated heterocycles. The molecular formula is C41H30ClF7N8O4S. The third-order valence-corrected chi connectivity index (χ3v) is 11.9. The molecule has 0 aliphatic heterocycles. The number of rotatable bonds is 11. The number of nitrogens with zero attached hydrogens (tertiary/aromatic N) is 6. The summed E-state index contributed by atoms with van der Waals surface area (Å²) in [7, 11) is -2.50. The second-order valence-corrected chi connectivity index (χ2v) is 17.4. The van der Waals surface area contributed by atoms with Crippen LogP contribution >= 0.6 is 11.6 Å². The molecule has 1 amide bonds. The fourth-order valence-corrected chi connectivity index (χ4v) is 9.18. The van der Waals surface area contributed by atoms with Crippen LogP contribution in [0.5, 0.6) is 0 Å². The number of amides is 1. The van der Waals surface area contributed by atoms with Gasteiger partial charge in [-0.25, -0.2) is 35.4 Å². The molecule has 4 aromatic carbocycles. The topological polar surface area (TPSA) is 146 Å².